The second-order valence-electron chi connectivity index (χ2n) is 6.78. The van der Waals surface area contributed by atoms with Crippen LogP contribution in [0.3, 0.4) is 0 Å². The molecule has 5 atom stereocenters. The van der Waals surface area contributed by atoms with Crippen molar-refractivity contribution in [3.63, 3.8) is 0 Å². The van der Waals surface area contributed by atoms with Crippen molar-refractivity contribution in [2.45, 2.75) is 30.7 Å². The highest BCUT2D eigenvalue weighted by atomic mass is 16.7. The lowest BCUT2D eigenvalue weighted by molar-refractivity contribution is -0.277. The van der Waals surface area contributed by atoms with Crippen LogP contribution in [0.1, 0.15) is 15.9 Å². The molecule has 0 aromatic heterocycles. The molecular weight excluding hydrogens is 396 g/mol. The Labute approximate surface area is 171 Å². The first-order chi connectivity index (χ1) is 14.3. The van der Waals surface area contributed by atoms with Gasteiger partial charge in [-0.05, 0) is 35.9 Å². The number of ketones is 1. The maximum Gasteiger partial charge on any atom is 0.229 e. The van der Waals surface area contributed by atoms with E-state index in [-0.39, 0.29) is 17.1 Å². The summed E-state index contributed by atoms with van der Waals surface area (Å²) in [7, 11) is 0. The molecule has 1 heterocycles. The molecule has 0 saturated carbocycles. The SMILES string of the molecule is O=C(/C=C/c1ccc(O[C@@H]2O[C@H](CO)[C@H](O)[C@H](O)[C@H]2O)cc1)c1ccc(O)cc1O. The Kier molecular flexibility index (Phi) is 6.70. The smallest absolute Gasteiger partial charge is 0.229 e. The fourth-order valence-corrected chi connectivity index (χ4v) is 2.95. The minimum absolute atomic E-state index is 0.0478. The summed E-state index contributed by atoms with van der Waals surface area (Å²) in [6, 6.07) is 10.0. The zero-order valence-electron chi connectivity index (χ0n) is 15.7. The summed E-state index contributed by atoms with van der Waals surface area (Å²) in [5.74, 6) is -0.635. The summed E-state index contributed by atoms with van der Waals surface area (Å²) in [6.07, 6.45) is -4.10. The Balaban J connectivity index is 1.65. The zero-order valence-corrected chi connectivity index (χ0v) is 15.7. The average molecular weight is 418 g/mol. The maximum absolute atomic E-state index is 12.2. The largest absolute Gasteiger partial charge is 0.508 e. The molecule has 2 aromatic carbocycles. The molecule has 1 fully saturated rings. The number of allylic oxidation sites excluding steroid dienone is 1. The average Bonchev–Trinajstić information content (AvgIpc) is 2.73. The molecule has 6 N–H and O–H groups in total. The van der Waals surface area contributed by atoms with E-state index in [0.29, 0.717) is 11.3 Å². The van der Waals surface area contributed by atoms with E-state index in [4.69, 9.17) is 9.47 Å². The van der Waals surface area contributed by atoms with Crippen LogP contribution in [-0.4, -0.2) is 73.7 Å². The normalized spacial score (nSPS) is 26.6. The molecule has 1 aliphatic rings. The van der Waals surface area contributed by atoms with Crippen LogP contribution in [0.5, 0.6) is 17.2 Å². The van der Waals surface area contributed by atoms with Crippen LogP contribution in [0.15, 0.2) is 48.5 Å². The molecular formula is C21H22O9. The number of hydrogen-bond acceptors (Lipinski definition) is 9. The van der Waals surface area contributed by atoms with E-state index in [2.05, 4.69) is 0 Å². The van der Waals surface area contributed by atoms with Gasteiger partial charge in [-0.2, -0.15) is 0 Å². The molecule has 0 spiro atoms. The molecule has 0 radical (unpaired) electrons. The molecule has 9 nitrogen and oxygen atoms in total. The Morgan fingerprint density at radius 1 is 1.00 bits per heavy atom. The number of phenolic OH excluding ortho intramolecular Hbond substituents is 2. The van der Waals surface area contributed by atoms with Crippen LogP contribution in [-0.2, 0) is 4.74 Å². The minimum Gasteiger partial charge on any atom is -0.508 e. The van der Waals surface area contributed by atoms with Gasteiger partial charge in [0.15, 0.2) is 5.78 Å². The number of aromatic hydroxyl groups is 2. The minimum atomic E-state index is -1.54. The molecule has 0 unspecified atom stereocenters. The van der Waals surface area contributed by atoms with Gasteiger partial charge in [0.25, 0.3) is 0 Å². The second kappa shape index (κ2) is 9.24. The number of phenols is 2. The van der Waals surface area contributed by atoms with Gasteiger partial charge in [0.2, 0.25) is 6.29 Å². The summed E-state index contributed by atoms with van der Waals surface area (Å²) in [5, 5.41) is 57.8. The fourth-order valence-electron chi connectivity index (χ4n) is 2.95. The van der Waals surface area contributed by atoms with Gasteiger partial charge in [0.05, 0.1) is 12.2 Å². The number of ether oxygens (including phenoxy) is 2. The summed E-state index contributed by atoms with van der Waals surface area (Å²) < 4.78 is 10.8. The quantitative estimate of drug-likeness (QED) is 0.284. The molecule has 9 heteroatoms. The van der Waals surface area contributed by atoms with Crippen molar-refractivity contribution in [3.05, 3.63) is 59.7 Å². The fraction of sp³-hybridized carbons (Fsp3) is 0.286. The summed E-state index contributed by atoms with van der Waals surface area (Å²) in [5.41, 5.74) is 0.689. The molecule has 0 bridgehead atoms. The molecule has 1 saturated heterocycles. The topological polar surface area (TPSA) is 157 Å². The van der Waals surface area contributed by atoms with Crippen molar-refractivity contribution in [1.29, 1.82) is 0 Å². The molecule has 1 aliphatic heterocycles. The molecule has 30 heavy (non-hydrogen) atoms. The zero-order chi connectivity index (χ0) is 21.8. The van der Waals surface area contributed by atoms with Gasteiger partial charge >= 0.3 is 0 Å². The first-order valence-corrected chi connectivity index (χ1v) is 9.12. The Morgan fingerprint density at radius 3 is 2.33 bits per heavy atom. The number of aliphatic hydroxyl groups is 4. The summed E-state index contributed by atoms with van der Waals surface area (Å²) >= 11 is 0. The van der Waals surface area contributed by atoms with Crippen molar-refractivity contribution in [2.75, 3.05) is 6.61 Å². The second-order valence-corrected chi connectivity index (χ2v) is 6.78. The maximum atomic E-state index is 12.2. The van der Waals surface area contributed by atoms with Gasteiger partial charge in [0.1, 0.15) is 41.7 Å². The first-order valence-electron chi connectivity index (χ1n) is 9.12. The summed E-state index contributed by atoms with van der Waals surface area (Å²) in [6.45, 7) is -0.556. The van der Waals surface area contributed by atoms with E-state index in [1.807, 2.05) is 0 Å². The first kappa shape index (κ1) is 21.8. The molecule has 160 valence electrons. The van der Waals surface area contributed by atoms with Crippen LogP contribution < -0.4 is 4.74 Å². The standard InChI is InChI=1S/C21H22O9/c22-10-17-18(26)19(27)20(28)21(30-17)29-13-5-1-11(2-6-13)3-8-15(24)14-7-4-12(23)9-16(14)25/h1-9,17-23,25-28H,10H2/b8-3+/t17-,18+,19+,20-,21-/m1/s1. The number of aliphatic hydroxyl groups excluding tert-OH is 4. The lowest BCUT2D eigenvalue weighted by Crippen LogP contribution is -2.60. The van der Waals surface area contributed by atoms with Gasteiger partial charge in [-0.1, -0.05) is 18.2 Å². The highest BCUT2D eigenvalue weighted by molar-refractivity contribution is 6.08. The number of carbonyl (C=O) groups is 1. The summed E-state index contributed by atoms with van der Waals surface area (Å²) in [4.78, 5) is 12.2. The number of hydrogen-bond donors (Lipinski definition) is 6. The van der Waals surface area contributed by atoms with Crippen molar-refractivity contribution < 1.29 is 44.9 Å². The van der Waals surface area contributed by atoms with Crippen molar-refractivity contribution in [1.82, 2.24) is 0 Å². The van der Waals surface area contributed by atoms with Crippen molar-refractivity contribution in [3.8, 4) is 17.2 Å². The Hall–Kier alpha value is -2.95. The number of benzene rings is 2. The Bertz CT molecular complexity index is 907. The van der Waals surface area contributed by atoms with Gasteiger partial charge < -0.3 is 40.1 Å². The third-order valence-electron chi connectivity index (χ3n) is 4.65. The number of carbonyl (C=O) groups excluding carboxylic acids is 1. The van der Waals surface area contributed by atoms with Crippen molar-refractivity contribution >= 4 is 11.9 Å². The van der Waals surface area contributed by atoms with Crippen molar-refractivity contribution in [2.24, 2.45) is 0 Å². The van der Waals surface area contributed by atoms with Gasteiger partial charge in [-0.3, -0.25) is 4.79 Å². The predicted molar refractivity (Wildman–Crippen MR) is 104 cm³/mol. The van der Waals surface area contributed by atoms with E-state index >= 15 is 0 Å². The highest BCUT2D eigenvalue weighted by Gasteiger charge is 2.44. The van der Waals surface area contributed by atoms with E-state index in [1.165, 1.54) is 24.3 Å². The number of rotatable bonds is 6. The van der Waals surface area contributed by atoms with Gasteiger partial charge in [-0.15, -0.1) is 0 Å². The van der Waals surface area contributed by atoms with E-state index < -0.39 is 43.1 Å². The highest BCUT2D eigenvalue weighted by Crippen LogP contribution is 2.25. The third kappa shape index (κ3) is 4.78. The molecule has 3 rings (SSSR count). The van der Waals surface area contributed by atoms with Crippen LogP contribution in [0.25, 0.3) is 6.08 Å². The molecule has 0 aliphatic carbocycles. The predicted octanol–water partition coefficient (Wildman–Crippen LogP) is 0.173. The lowest BCUT2D eigenvalue weighted by Gasteiger charge is -2.39. The molecule has 2 aromatic rings. The van der Waals surface area contributed by atoms with Gasteiger partial charge in [-0.25, -0.2) is 0 Å². The van der Waals surface area contributed by atoms with Crippen LogP contribution in [0, 0.1) is 0 Å². The third-order valence-corrected chi connectivity index (χ3v) is 4.65. The molecule has 0 amide bonds. The van der Waals surface area contributed by atoms with Crippen LogP contribution in [0.4, 0.5) is 0 Å². The van der Waals surface area contributed by atoms with Crippen LogP contribution in [0.2, 0.25) is 0 Å². The van der Waals surface area contributed by atoms with Gasteiger partial charge in [0, 0.05) is 6.07 Å². The van der Waals surface area contributed by atoms with E-state index in [1.54, 1.807) is 24.3 Å². The Morgan fingerprint density at radius 2 is 1.70 bits per heavy atom. The lowest BCUT2D eigenvalue weighted by atomic mass is 9.99. The van der Waals surface area contributed by atoms with E-state index in [9.17, 15) is 35.4 Å². The monoisotopic (exact) mass is 418 g/mol. The van der Waals surface area contributed by atoms with Crippen LogP contribution >= 0.6 is 0 Å². The van der Waals surface area contributed by atoms with E-state index in [0.717, 1.165) is 6.07 Å².